The van der Waals surface area contributed by atoms with Gasteiger partial charge in [0.1, 0.15) is 0 Å². The van der Waals surface area contributed by atoms with Gasteiger partial charge in [0.2, 0.25) is 0 Å². The van der Waals surface area contributed by atoms with Gasteiger partial charge in [-0.05, 0) is 37.7 Å². The summed E-state index contributed by atoms with van der Waals surface area (Å²) >= 11 is 0. The number of rotatable bonds is 4. The average Bonchev–Trinajstić information content (AvgIpc) is 2.30. The molecule has 0 spiro atoms. The van der Waals surface area contributed by atoms with Crippen LogP contribution < -0.4 is 0 Å². The van der Waals surface area contributed by atoms with E-state index in [-0.39, 0.29) is 0 Å². The molecule has 0 saturated heterocycles. The molecule has 1 aliphatic carbocycles. The number of carbonyl (C=O) groups is 1. The topological polar surface area (TPSA) is 17.1 Å². The Hall–Kier alpha value is -0.590. The van der Waals surface area contributed by atoms with E-state index in [4.69, 9.17) is 0 Å². The summed E-state index contributed by atoms with van der Waals surface area (Å²) in [6.45, 7) is 4.52. The first-order chi connectivity index (χ1) is 6.72. The molecule has 1 heteroatoms. The van der Waals surface area contributed by atoms with Gasteiger partial charge in [0.25, 0.3) is 0 Å². The minimum absolute atomic E-state index is 0.348. The van der Waals surface area contributed by atoms with Crippen molar-refractivity contribution in [1.82, 2.24) is 0 Å². The van der Waals surface area contributed by atoms with Crippen LogP contribution in [-0.4, -0.2) is 5.78 Å². The van der Waals surface area contributed by atoms with Crippen LogP contribution in [0.25, 0.3) is 0 Å². The fraction of sp³-hybridized carbons (Fsp3) is 0.769. The zero-order valence-electron chi connectivity index (χ0n) is 9.51. The van der Waals surface area contributed by atoms with Crippen molar-refractivity contribution in [2.24, 2.45) is 5.92 Å². The van der Waals surface area contributed by atoms with Gasteiger partial charge in [0, 0.05) is 6.42 Å². The van der Waals surface area contributed by atoms with Crippen molar-refractivity contribution in [2.45, 2.75) is 58.8 Å². The van der Waals surface area contributed by atoms with Crippen LogP contribution in [0.15, 0.2) is 11.6 Å². The maximum Gasteiger partial charge on any atom is 0.155 e. The van der Waals surface area contributed by atoms with E-state index >= 15 is 0 Å². The van der Waals surface area contributed by atoms with E-state index < -0.39 is 0 Å². The molecule has 0 radical (unpaired) electrons. The molecule has 1 unspecified atom stereocenters. The van der Waals surface area contributed by atoms with Crippen LogP contribution in [0, 0.1) is 5.92 Å². The van der Waals surface area contributed by atoms with E-state index in [9.17, 15) is 4.79 Å². The van der Waals surface area contributed by atoms with Crippen LogP contribution in [0.1, 0.15) is 58.8 Å². The van der Waals surface area contributed by atoms with Crippen LogP contribution in [0.2, 0.25) is 0 Å². The number of allylic oxidation sites excluding steroid dienone is 2. The average molecular weight is 194 g/mol. The van der Waals surface area contributed by atoms with Gasteiger partial charge in [-0.15, -0.1) is 0 Å². The minimum atomic E-state index is 0.348. The lowest BCUT2D eigenvalue weighted by Crippen LogP contribution is -1.98. The summed E-state index contributed by atoms with van der Waals surface area (Å²) in [5.74, 6) is 1.10. The van der Waals surface area contributed by atoms with Gasteiger partial charge in [0.05, 0.1) is 0 Å². The summed E-state index contributed by atoms with van der Waals surface area (Å²) in [4.78, 5) is 11.4. The van der Waals surface area contributed by atoms with E-state index in [1.54, 1.807) is 0 Å². The first-order valence-corrected chi connectivity index (χ1v) is 5.94. The summed E-state index contributed by atoms with van der Waals surface area (Å²) in [5.41, 5.74) is 1.40. The Morgan fingerprint density at radius 1 is 1.36 bits per heavy atom. The monoisotopic (exact) mass is 194 g/mol. The first-order valence-electron chi connectivity index (χ1n) is 5.94. The molecule has 0 fully saturated rings. The van der Waals surface area contributed by atoms with Gasteiger partial charge < -0.3 is 0 Å². The van der Waals surface area contributed by atoms with Gasteiger partial charge in [-0.3, -0.25) is 4.79 Å². The third-order valence-electron chi connectivity index (χ3n) is 2.93. The van der Waals surface area contributed by atoms with Crippen molar-refractivity contribution in [2.75, 3.05) is 0 Å². The molecule has 0 saturated carbocycles. The predicted octanol–water partition coefficient (Wildman–Crippen LogP) is 3.88. The van der Waals surface area contributed by atoms with Crippen LogP contribution in [0.5, 0.6) is 0 Å². The van der Waals surface area contributed by atoms with E-state index in [1.165, 1.54) is 24.8 Å². The molecular formula is C13H22O. The standard InChI is InChI=1S/C13H22O/c1-3-6-11(2)9-12-7-4-5-8-13(14)10-12/h10-11H,3-9H2,1-2H3. The van der Waals surface area contributed by atoms with Crippen molar-refractivity contribution in [3.05, 3.63) is 11.6 Å². The van der Waals surface area contributed by atoms with Crippen LogP contribution in [-0.2, 0) is 4.79 Å². The van der Waals surface area contributed by atoms with Gasteiger partial charge in [-0.1, -0.05) is 32.3 Å². The van der Waals surface area contributed by atoms with Crippen molar-refractivity contribution in [3.8, 4) is 0 Å². The van der Waals surface area contributed by atoms with Gasteiger partial charge in [-0.2, -0.15) is 0 Å². The number of ketones is 1. The molecule has 0 aromatic heterocycles. The van der Waals surface area contributed by atoms with Gasteiger partial charge in [0.15, 0.2) is 5.78 Å². The molecule has 0 aliphatic heterocycles. The fourth-order valence-electron chi connectivity index (χ4n) is 2.23. The number of hydrogen-bond donors (Lipinski definition) is 0. The first kappa shape index (κ1) is 11.5. The third-order valence-corrected chi connectivity index (χ3v) is 2.93. The molecule has 0 aromatic rings. The van der Waals surface area contributed by atoms with E-state index in [2.05, 4.69) is 13.8 Å². The Balaban J connectivity index is 2.44. The predicted molar refractivity (Wildman–Crippen MR) is 60.2 cm³/mol. The molecule has 1 rings (SSSR count). The summed E-state index contributed by atoms with van der Waals surface area (Å²) in [6, 6.07) is 0. The lowest BCUT2D eigenvalue weighted by Gasteiger charge is -2.11. The minimum Gasteiger partial charge on any atom is -0.295 e. The molecule has 14 heavy (non-hydrogen) atoms. The smallest absolute Gasteiger partial charge is 0.155 e. The zero-order chi connectivity index (χ0) is 10.4. The normalized spacial score (nSPS) is 20.1. The highest BCUT2D eigenvalue weighted by atomic mass is 16.1. The molecule has 0 heterocycles. The van der Waals surface area contributed by atoms with Gasteiger partial charge >= 0.3 is 0 Å². The Bertz CT molecular complexity index is 215. The lowest BCUT2D eigenvalue weighted by atomic mass is 9.94. The maximum atomic E-state index is 11.4. The summed E-state index contributed by atoms with van der Waals surface area (Å²) in [6.07, 6.45) is 9.80. The quantitative estimate of drug-likeness (QED) is 0.663. The highest BCUT2D eigenvalue weighted by Gasteiger charge is 2.10. The molecule has 0 N–H and O–H groups in total. The molecule has 0 aromatic carbocycles. The molecule has 0 bridgehead atoms. The van der Waals surface area contributed by atoms with Crippen LogP contribution in [0.4, 0.5) is 0 Å². The van der Waals surface area contributed by atoms with Crippen molar-refractivity contribution in [3.63, 3.8) is 0 Å². The lowest BCUT2D eigenvalue weighted by molar-refractivity contribution is -0.114. The zero-order valence-corrected chi connectivity index (χ0v) is 9.51. The third kappa shape index (κ3) is 4.08. The molecule has 80 valence electrons. The second kappa shape index (κ2) is 6.00. The van der Waals surface area contributed by atoms with E-state index in [1.807, 2.05) is 6.08 Å². The summed E-state index contributed by atoms with van der Waals surface area (Å²) in [5, 5.41) is 0. The van der Waals surface area contributed by atoms with Crippen molar-refractivity contribution < 1.29 is 4.79 Å². The summed E-state index contributed by atoms with van der Waals surface area (Å²) < 4.78 is 0. The molecular weight excluding hydrogens is 172 g/mol. The summed E-state index contributed by atoms with van der Waals surface area (Å²) in [7, 11) is 0. The number of carbonyl (C=O) groups excluding carboxylic acids is 1. The molecule has 1 nitrogen and oxygen atoms in total. The van der Waals surface area contributed by atoms with Crippen LogP contribution >= 0.6 is 0 Å². The van der Waals surface area contributed by atoms with Crippen LogP contribution in [0.3, 0.4) is 0 Å². The van der Waals surface area contributed by atoms with Gasteiger partial charge in [-0.25, -0.2) is 0 Å². The van der Waals surface area contributed by atoms with Crippen molar-refractivity contribution >= 4 is 5.78 Å². The number of hydrogen-bond acceptors (Lipinski definition) is 1. The van der Waals surface area contributed by atoms with E-state index in [0.717, 1.165) is 31.6 Å². The largest absolute Gasteiger partial charge is 0.295 e. The highest BCUT2D eigenvalue weighted by molar-refractivity contribution is 5.90. The molecule has 0 amide bonds. The SMILES string of the molecule is CCCC(C)CC1=CC(=O)CCCC1. The van der Waals surface area contributed by atoms with E-state index in [0.29, 0.717) is 5.78 Å². The Morgan fingerprint density at radius 2 is 2.07 bits per heavy atom. The molecule has 1 atom stereocenters. The second-order valence-electron chi connectivity index (χ2n) is 4.57. The maximum absolute atomic E-state index is 11.4. The Labute approximate surface area is 87.6 Å². The highest BCUT2D eigenvalue weighted by Crippen LogP contribution is 2.23. The second-order valence-corrected chi connectivity index (χ2v) is 4.57. The molecule has 1 aliphatic rings. The Kier molecular flexibility index (Phi) is 4.92. The van der Waals surface area contributed by atoms with Crippen molar-refractivity contribution in [1.29, 1.82) is 0 Å². The fourth-order valence-corrected chi connectivity index (χ4v) is 2.23. The Morgan fingerprint density at radius 3 is 2.79 bits per heavy atom.